The van der Waals surface area contributed by atoms with Crippen molar-refractivity contribution in [3.8, 4) is 5.88 Å². The number of likely N-dealkylation sites (N-methyl/N-ethyl adjacent to an activating group) is 1. The molecule has 1 saturated heterocycles. The summed E-state index contributed by atoms with van der Waals surface area (Å²) in [7, 11) is 1.65. The third-order valence-corrected chi connectivity index (χ3v) is 3.31. The Kier molecular flexibility index (Phi) is 2.98. The van der Waals surface area contributed by atoms with Crippen LogP contribution in [-0.2, 0) is 4.79 Å². The molecule has 1 aromatic heterocycles. The Morgan fingerprint density at radius 2 is 2.00 bits per heavy atom. The van der Waals surface area contributed by atoms with Gasteiger partial charge in [-0.15, -0.1) is 0 Å². The Bertz CT molecular complexity index is 601. The van der Waals surface area contributed by atoms with Crippen LogP contribution in [-0.4, -0.2) is 39.1 Å². The zero-order chi connectivity index (χ0) is 13.4. The number of aromatic hydroxyl groups is 1. The molecule has 1 fully saturated rings. The normalized spacial score (nSPS) is 20.2. The molecule has 0 radical (unpaired) electrons. The third kappa shape index (κ3) is 1.92. The molecule has 18 heavy (non-hydrogen) atoms. The minimum atomic E-state index is -0.643. The average molecular weight is 253 g/mol. The first-order chi connectivity index (χ1) is 8.41. The summed E-state index contributed by atoms with van der Waals surface area (Å²) in [6.45, 7) is 1.79. The van der Waals surface area contributed by atoms with Crippen molar-refractivity contribution in [2.75, 3.05) is 13.6 Å². The van der Waals surface area contributed by atoms with Gasteiger partial charge in [0.05, 0.1) is 11.6 Å². The van der Waals surface area contributed by atoms with E-state index >= 15 is 0 Å². The highest BCUT2D eigenvalue weighted by Crippen LogP contribution is 2.24. The summed E-state index contributed by atoms with van der Waals surface area (Å²) in [5.41, 5.74) is -1.13. The van der Waals surface area contributed by atoms with E-state index in [1.54, 1.807) is 7.05 Å². The second-order valence-electron chi connectivity index (χ2n) is 4.54. The molecule has 2 N–H and O–H groups in total. The Morgan fingerprint density at radius 3 is 2.61 bits per heavy atom. The van der Waals surface area contributed by atoms with Gasteiger partial charge in [-0.3, -0.25) is 19.1 Å². The highest BCUT2D eigenvalue weighted by molar-refractivity contribution is 5.76. The van der Waals surface area contributed by atoms with Gasteiger partial charge in [0.25, 0.3) is 5.56 Å². The number of hydrogen-bond donors (Lipinski definition) is 2. The van der Waals surface area contributed by atoms with E-state index in [0.717, 1.165) is 4.57 Å². The molecule has 0 aliphatic carbocycles. The molecule has 1 unspecified atom stereocenters. The molecule has 2 heterocycles. The lowest BCUT2D eigenvalue weighted by Gasteiger charge is -2.31. The quantitative estimate of drug-likeness (QED) is 0.694. The summed E-state index contributed by atoms with van der Waals surface area (Å²) in [5, 5.41) is 9.90. The van der Waals surface area contributed by atoms with Crippen molar-refractivity contribution in [2.45, 2.75) is 25.8 Å². The standard InChI is InChI=1S/C11H15N3O4/c1-6-9(16)12-11(18)14(10(6)17)7-3-4-8(15)13(2)5-7/h7,17H,3-5H2,1-2H3,(H,12,16,18). The predicted octanol–water partition coefficient (Wildman–Crippen LogP) is -0.656. The first-order valence-electron chi connectivity index (χ1n) is 5.70. The summed E-state index contributed by atoms with van der Waals surface area (Å²) in [6, 6.07) is -0.309. The Morgan fingerprint density at radius 1 is 1.33 bits per heavy atom. The zero-order valence-electron chi connectivity index (χ0n) is 10.3. The van der Waals surface area contributed by atoms with Crippen LogP contribution in [0.5, 0.6) is 5.88 Å². The van der Waals surface area contributed by atoms with E-state index in [1.165, 1.54) is 11.8 Å². The largest absolute Gasteiger partial charge is 0.494 e. The van der Waals surface area contributed by atoms with Gasteiger partial charge in [-0.1, -0.05) is 0 Å². The van der Waals surface area contributed by atoms with Crippen molar-refractivity contribution in [3.63, 3.8) is 0 Å². The SMILES string of the molecule is Cc1c(O)n(C2CCC(=O)N(C)C2)c(=O)[nH]c1=O. The molecule has 2 rings (SSSR count). The number of rotatable bonds is 1. The number of piperidine rings is 1. The number of H-pyrrole nitrogens is 1. The van der Waals surface area contributed by atoms with Crippen LogP contribution in [0.2, 0.25) is 0 Å². The first kappa shape index (κ1) is 12.4. The van der Waals surface area contributed by atoms with Crippen LogP contribution in [0.1, 0.15) is 24.4 Å². The molecule has 7 nitrogen and oxygen atoms in total. The van der Waals surface area contributed by atoms with E-state index < -0.39 is 11.2 Å². The molecule has 0 saturated carbocycles. The fourth-order valence-electron chi connectivity index (χ4n) is 2.17. The Balaban J connectivity index is 2.46. The monoisotopic (exact) mass is 253 g/mol. The smallest absolute Gasteiger partial charge is 0.331 e. The Labute approximate surface area is 103 Å². The number of hydrogen-bond acceptors (Lipinski definition) is 4. The van der Waals surface area contributed by atoms with Gasteiger partial charge in [-0.05, 0) is 13.3 Å². The number of aromatic amines is 1. The second-order valence-corrected chi connectivity index (χ2v) is 4.54. The molecule has 1 aliphatic rings. The second kappa shape index (κ2) is 4.32. The zero-order valence-corrected chi connectivity index (χ0v) is 10.3. The van der Waals surface area contributed by atoms with Crippen LogP contribution in [0.4, 0.5) is 0 Å². The predicted molar refractivity (Wildman–Crippen MR) is 63.6 cm³/mol. The van der Waals surface area contributed by atoms with Crippen LogP contribution in [0.3, 0.4) is 0 Å². The Hall–Kier alpha value is -2.05. The minimum absolute atomic E-state index is 0.0138. The minimum Gasteiger partial charge on any atom is -0.494 e. The number of amides is 1. The fraction of sp³-hybridized carbons (Fsp3) is 0.545. The summed E-state index contributed by atoms with van der Waals surface area (Å²) in [4.78, 5) is 38.1. The molecule has 7 heteroatoms. The first-order valence-corrected chi connectivity index (χ1v) is 5.70. The summed E-state index contributed by atoms with van der Waals surface area (Å²) >= 11 is 0. The molecule has 1 aromatic rings. The molecule has 1 amide bonds. The lowest BCUT2D eigenvalue weighted by atomic mass is 10.1. The number of nitrogens with one attached hydrogen (secondary N) is 1. The van der Waals surface area contributed by atoms with E-state index in [0.29, 0.717) is 19.4 Å². The molecular formula is C11H15N3O4. The number of aromatic nitrogens is 2. The van der Waals surface area contributed by atoms with Gasteiger partial charge in [-0.2, -0.15) is 0 Å². The average Bonchev–Trinajstić information content (AvgIpc) is 2.31. The number of carbonyl (C=O) groups excluding carboxylic acids is 1. The summed E-state index contributed by atoms with van der Waals surface area (Å²) < 4.78 is 1.15. The molecule has 1 aliphatic heterocycles. The van der Waals surface area contributed by atoms with Crippen LogP contribution in [0.25, 0.3) is 0 Å². The van der Waals surface area contributed by atoms with Crippen LogP contribution < -0.4 is 11.2 Å². The lowest BCUT2D eigenvalue weighted by molar-refractivity contribution is -0.133. The van der Waals surface area contributed by atoms with Crippen molar-refractivity contribution in [2.24, 2.45) is 0 Å². The van der Waals surface area contributed by atoms with Crippen LogP contribution in [0.15, 0.2) is 9.59 Å². The van der Waals surface area contributed by atoms with Crippen molar-refractivity contribution in [1.29, 1.82) is 0 Å². The van der Waals surface area contributed by atoms with E-state index in [-0.39, 0.29) is 23.4 Å². The number of likely N-dealkylation sites (tertiary alicyclic amines) is 1. The fourth-order valence-corrected chi connectivity index (χ4v) is 2.17. The van der Waals surface area contributed by atoms with Crippen LogP contribution >= 0.6 is 0 Å². The molecule has 1 atom stereocenters. The third-order valence-electron chi connectivity index (χ3n) is 3.31. The molecule has 0 spiro atoms. The highest BCUT2D eigenvalue weighted by atomic mass is 16.3. The van der Waals surface area contributed by atoms with E-state index in [4.69, 9.17) is 0 Å². The highest BCUT2D eigenvalue weighted by Gasteiger charge is 2.27. The van der Waals surface area contributed by atoms with Gasteiger partial charge in [0, 0.05) is 20.0 Å². The maximum Gasteiger partial charge on any atom is 0.331 e. The molecule has 98 valence electrons. The van der Waals surface area contributed by atoms with Gasteiger partial charge in [0.15, 0.2) is 0 Å². The van der Waals surface area contributed by atoms with Crippen molar-refractivity contribution < 1.29 is 9.90 Å². The lowest BCUT2D eigenvalue weighted by Crippen LogP contribution is -2.42. The van der Waals surface area contributed by atoms with Gasteiger partial charge in [-0.25, -0.2) is 4.79 Å². The number of nitrogens with zero attached hydrogens (tertiary/aromatic N) is 2. The van der Waals surface area contributed by atoms with Crippen molar-refractivity contribution >= 4 is 5.91 Å². The van der Waals surface area contributed by atoms with E-state index in [1.807, 2.05) is 0 Å². The number of carbonyl (C=O) groups is 1. The van der Waals surface area contributed by atoms with Crippen molar-refractivity contribution in [3.05, 3.63) is 26.4 Å². The molecule has 0 bridgehead atoms. The topological polar surface area (TPSA) is 95.4 Å². The molecular weight excluding hydrogens is 238 g/mol. The summed E-state index contributed by atoms with van der Waals surface area (Å²) in [6.07, 6.45) is 0.799. The molecule has 0 aromatic carbocycles. The van der Waals surface area contributed by atoms with E-state index in [9.17, 15) is 19.5 Å². The summed E-state index contributed by atoms with van der Waals surface area (Å²) in [5.74, 6) is -0.309. The van der Waals surface area contributed by atoms with E-state index in [2.05, 4.69) is 4.98 Å². The van der Waals surface area contributed by atoms with Crippen molar-refractivity contribution in [1.82, 2.24) is 14.5 Å². The van der Waals surface area contributed by atoms with Gasteiger partial charge >= 0.3 is 5.69 Å². The van der Waals surface area contributed by atoms with Gasteiger partial charge in [0.2, 0.25) is 11.8 Å². The van der Waals surface area contributed by atoms with Crippen LogP contribution in [0, 0.1) is 6.92 Å². The van der Waals surface area contributed by atoms with Gasteiger partial charge in [0.1, 0.15) is 0 Å². The maximum absolute atomic E-state index is 11.7. The maximum atomic E-state index is 11.7. The van der Waals surface area contributed by atoms with Gasteiger partial charge < -0.3 is 10.0 Å².